The van der Waals surface area contributed by atoms with Gasteiger partial charge in [0.1, 0.15) is 44.0 Å². The minimum absolute atomic E-state index is 0.232. The number of halogens is 1. The highest BCUT2D eigenvalue weighted by Gasteiger charge is 2.16. The van der Waals surface area contributed by atoms with E-state index in [1.165, 1.54) is 6.20 Å². The highest BCUT2D eigenvalue weighted by atomic mass is 35.5. The molecule has 2 aromatic heterocycles. The largest absolute Gasteiger partial charge is 0.488 e. The van der Waals surface area contributed by atoms with E-state index in [0.29, 0.717) is 55.0 Å². The number of nitriles is 1. The lowest BCUT2D eigenvalue weighted by atomic mass is 9.96. The molecule has 1 aliphatic rings. The summed E-state index contributed by atoms with van der Waals surface area (Å²) in [4.78, 5) is 8.33. The van der Waals surface area contributed by atoms with E-state index in [1.54, 1.807) is 18.5 Å². The van der Waals surface area contributed by atoms with Crippen LogP contribution < -0.4 is 24.3 Å². The molecule has 0 fully saturated rings. The quantitative estimate of drug-likeness (QED) is 0.166. The van der Waals surface area contributed by atoms with Crippen LogP contribution in [-0.2, 0) is 26.3 Å². The topological polar surface area (TPSA) is 98.5 Å². The molecular formula is C36H31ClN4O4. The number of hydrogen-bond acceptors (Lipinski definition) is 8. The van der Waals surface area contributed by atoms with Gasteiger partial charge >= 0.3 is 0 Å². The molecule has 9 heteroatoms. The van der Waals surface area contributed by atoms with Crippen LogP contribution in [0.25, 0.3) is 11.1 Å². The van der Waals surface area contributed by atoms with Crippen molar-refractivity contribution in [1.29, 1.82) is 5.26 Å². The van der Waals surface area contributed by atoms with Crippen LogP contribution >= 0.6 is 11.6 Å². The number of pyridine rings is 2. The first kappa shape index (κ1) is 29.9. The summed E-state index contributed by atoms with van der Waals surface area (Å²) in [6.45, 7) is 4.88. The van der Waals surface area contributed by atoms with E-state index < -0.39 is 0 Å². The minimum atomic E-state index is 0.232. The first-order valence-corrected chi connectivity index (χ1v) is 15.0. The number of rotatable bonds is 11. The van der Waals surface area contributed by atoms with Crippen LogP contribution in [0.4, 0.5) is 0 Å². The van der Waals surface area contributed by atoms with Crippen LogP contribution in [0.1, 0.15) is 33.4 Å². The van der Waals surface area contributed by atoms with Crippen LogP contribution in [0.15, 0.2) is 91.5 Å². The Kier molecular flexibility index (Phi) is 9.40. The zero-order valence-electron chi connectivity index (χ0n) is 24.8. The third-order valence-electron chi connectivity index (χ3n) is 7.48. The first-order chi connectivity index (χ1) is 22.1. The molecule has 6 rings (SSSR count). The molecule has 0 atom stereocenters. The Labute approximate surface area is 267 Å². The number of aromatic nitrogens is 2. The van der Waals surface area contributed by atoms with E-state index in [9.17, 15) is 5.26 Å². The lowest BCUT2D eigenvalue weighted by molar-refractivity contribution is 0.171. The Morgan fingerprint density at radius 1 is 0.822 bits per heavy atom. The molecule has 0 aliphatic carbocycles. The number of ether oxygens (including phenoxy) is 4. The molecule has 1 aliphatic heterocycles. The van der Waals surface area contributed by atoms with Gasteiger partial charge in [0.15, 0.2) is 11.5 Å². The summed E-state index contributed by atoms with van der Waals surface area (Å²) in [6, 6.07) is 23.7. The summed E-state index contributed by atoms with van der Waals surface area (Å²) in [5.74, 6) is 2.65. The van der Waals surface area contributed by atoms with E-state index in [1.807, 2.05) is 60.8 Å². The summed E-state index contributed by atoms with van der Waals surface area (Å²) < 4.78 is 24.0. The van der Waals surface area contributed by atoms with Crippen molar-refractivity contribution in [3.63, 3.8) is 0 Å². The molecule has 0 bridgehead atoms. The van der Waals surface area contributed by atoms with Crippen molar-refractivity contribution in [1.82, 2.24) is 15.3 Å². The van der Waals surface area contributed by atoms with E-state index >= 15 is 0 Å². The monoisotopic (exact) mass is 618 g/mol. The molecule has 0 radical (unpaired) electrons. The zero-order valence-corrected chi connectivity index (χ0v) is 25.5. The smallest absolute Gasteiger partial charge is 0.161 e. The fraction of sp³-hybridized carbons (Fsp3) is 0.194. The minimum Gasteiger partial charge on any atom is -0.488 e. The van der Waals surface area contributed by atoms with Crippen LogP contribution in [0.3, 0.4) is 0 Å². The molecule has 0 unspecified atom stereocenters. The van der Waals surface area contributed by atoms with E-state index in [0.717, 1.165) is 50.4 Å². The summed E-state index contributed by atoms with van der Waals surface area (Å²) >= 11 is 6.76. The number of benzene rings is 3. The van der Waals surface area contributed by atoms with E-state index in [4.69, 9.17) is 30.5 Å². The van der Waals surface area contributed by atoms with Crippen molar-refractivity contribution in [2.45, 2.75) is 33.2 Å². The zero-order chi connectivity index (χ0) is 31.0. The maximum atomic E-state index is 9.27. The standard InChI is InChI=1S/C36H31ClN4O4/c1-24-29(5-2-6-31(24)28-7-8-33-36(14-28)43-11-10-42-33)23-45-35-15-34(44-22-27-12-26(16-38)19-40-20-27)30(13-32(35)37)21-41-18-25-4-3-9-39-17-25/h2-9,12-15,17,19-20,41H,10-11,18,21-23H2,1H3. The van der Waals surface area contributed by atoms with Gasteiger partial charge < -0.3 is 24.3 Å². The average Bonchev–Trinajstić information content (AvgIpc) is 3.08. The Balaban J connectivity index is 1.21. The first-order valence-electron chi connectivity index (χ1n) is 14.6. The maximum absolute atomic E-state index is 9.27. The normalized spacial score (nSPS) is 11.9. The average molecular weight is 619 g/mol. The van der Waals surface area contributed by atoms with Crippen LogP contribution in [0.5, 0.6) is 23.0 Å². The summed E-state index contributed by atoms with van der Waals surface area (Å²) in [5.41, 5.74) is 7.47. The van der Waals surface area contributed by atoms with Gasteiger partial charge in [0.2, 0.25) is 0 Å². The Hall–Kier alpha value is -5.10. The molecule has 0 saturated heterocycles. The van der Waals surface area contributed by atoms with E-state index in [2.05, 4.69) is 34.3 Å². The third-order valence-corrected chi connectivity index (χ3v) is 7.78. The molecule has 0 amide bonds. The summed E-state index contributed by atoms with van der Waals surface area (Å²) in [6.07, 6.45) is 6.79. The lowest BCUT2D eigenvalue weighted by Crippen LogP contribution is -2.15. The van der Waals surface area contributed by atoms with Crippen LogP contribution in [0, 0.1) is 18.3 Å². The van der Waals surface area contributed by atoms with Crippen LogP contribution in [-0.4, -0.2) is 23.2 Å². The van der Waals surface area contributed by atoms with Crippen molar-refractivity contribution in [2.24, 2.45) is 0 Å². The van der Waals surface area contributed by atoms with Gasteiger partial charge in [0.05, 0.1) is 10.6 Å². The molecule has 1 N–H and O–H groups in total. The van der Waals surface area contributed by atoms with E-state index in [-0.39, 0.29) is 6.61 Å². The van der Waals surface area contributed by atoms with Gasteiger partial charge in [-0.15, -0.1) is 0 Å². The van der Waals surface area contributed by atoms with Gasteiger partial charge in [-0.1, -0.05) is 41.9 Å². The molecule has 5 aromatic rings. The lowest BCUT2D eigenvalue weighted by Gasteiger charge is -2.20. The summed E-state index contributed by atoms with van der Waals surface area (Å²) in [5, 5.41) is 13.2. The van der Waals surface area contributed by atoms with Gasteiger partial charge in [-0.2, -0.15) is 5.26 Å². The molecule has 3 heterocycles. The second-order valence-corrected chi connectivity index (χ2v) is 11.0. The molecule has 8 nitrogen and oxygen atoms in total. The maximum Gasteiger partial charge on any atom is 0.161 e. The Bertz CT molecular complexity index is 1840. The van der Waals surface area contributed by atoms with Gasteiger partial charge in [0, 0.05) is 55.1 Å². The predicted molar refractivity (Wildman–Crippen MR) is 171 cm³/mol. The number of fused-ring (bicyclic) bond motifs is 1. The Morgan fingerprint density at radius 3 is 2.51 bits per heavy atom. The fourth-order valence-electron chi connectivity index (χ4n) is 5.11. The van der Waals surface area contributed by atoms with Crippen molar-refractivity contribution in [3.05, 3.63) is 130 Å². The Morgan fingerprint density at radius 2 is 1.67 bits per heavy atom. The van der Waals surface area contributed by atoms with Crippen molar-refractivity contribution in [3.8, 4) is 40.2 Å². The van der Waals surface area contributed by atoms with Crippen molar-refractivity contribution in [2.75, 3.05) is 13.2 Å². The van der Waals surface area contributed by atoms with Crippen LogP contribution in [0.2, 0.25) is 5.02 Å². The SMILES string of the molecule is Cc1c(COc2cc(OCc3cncc(C#N)c3)c(CNCc3cccnc3)cc2Cl)cccc1-c1ccc2c(c1)OCCO2. The predicted octanol–water partition coefficient (Wildman–Crippen LogP) is 7.20. The molecule has 226 valence electrons. The summed E-state index contributed by atoms with van der Waals surface area (Å²) in [7, 11) is 0. The number of nitrogens with one attached hydrogen (secondary N) is 1. The molecular weight excluding hydrogens is 588 g/mol. The molecule has 45 heavy (non-hydrogen) atoms. The molecule has 0 spiro atoms. The highest BCUT2D eigenvalue weighted by Crippen LogP contribution is 2.37. The molecule has 0 saturated carbocycles. The van der Waals surface area contributed by atoms with Gasteiger partial charge in [0.25, 0.3) is 0 Å². The van der Waals surface area contributed by atoms with Gasteiger partial charge in [-0.05, 0) is 65.1 Å². The van der Waals surface area contributed by atoms with Crippen molar-refractivity contribution < 1.29 is 18.9 Å². The highest BCUT2D eigenvalue weighted by molar-refractivity contribution is 6.32. The number of nitrogens with zero attached hydrogens (tertiary/aromatic N) is 3. The van der Waals surface area contributed by atoms with Crippen molar-refractivity contribution >= 4 is 11.6 Å². The second kappa shape index (κ2) is 14.1. The third kappa shape index (κ3) is 7.35. The number of hydrogen-bond donors (Lipinski definition) is 1. The second-order valence-electron chi connectivity index (χ2n) is 10.6. The van der Waals surface area contributed by atoms with Gasteiger partial charge in [-0.25, -0.2) is 0 Å². The molecule has 3 aromatic carbocycles. The fourth-order valence-corrected chi connectivity index (χ4v) is 5.35. The van der Waals surface area contributed by atoms with Gasteiger partial charge in [-0.3, -0.25) is 9.97 Å².